The molecule has 0 radical (unpaired) electrons. The maximum Gasteiger partial charge on any atom is 0.328 e. The number of carbonyl (C=O) groups is 2. The monoisotopic (exact) mass is 611 g/mol. The Morgan fingerprint density at radius 3 is 2.18 bits per heavy atom. The van der Waals surface area contributed by atoms with Gasteiger partial charge in [-0.2, -0.15) is 0 Å². The van der Waals surface area contributed by atoms with Crippen LogP contribution in [0.1, 0.15) is 35.8 Å². The van der Waals surface area contributed by atoms with Crippen LogP contribution in [-0.4, -0.2) is 63.0 Å². The first-order valence-corrected chi connectivity index (χ1v) is 14.5. The van der Waals surface area contributed by atoms with Gasteiger partial charge in [0.2, 0.25) is 5.75 Å². The molecule has 1 amide bonds. The van der Waals surface area contributed by atoms with E-state index in [1.807, 2.05) is 30.5 Å². The molecule has 5 aromatic rings. The van der Waals surface area contributed by atoms with Crippen LogP contribution < -0.4 is 24.3 Å². The lowest BCUT2D eigenvalue weighted by molar-refractivity contribution is -0.142. The third kappa shape index (κ3) is 6.08. The van der Waals surface area contributed by atoms with E-state index in [0.717, 1.165) is 16.5 Å². The SMILES string of the molecule is COC(=O)[C@@H](Cc1cn(C(C)C)c2ccccc12)NC(=O)c1cc(-c2cc(OC)c(OC)c(OC)c2)nc2ccc(OC)cc12. The lowest BCUT2D eigenvalue weighted by Gasteiger charge is -2.18. The van der Waals surface area contributed by atoms with Gasteiger partial charge in [0.25, 0.3) is 5.91 Å². The second-order valence-corrected chi connectivity index (χ2v) is 10.8. The molecule has 0 fully saturated rings. The van der Waals surface area contributed by atoms with E-state index in [1.54, 1.807) is 43.5 Å². The number of aromatic nitrogens is 2. The minimum atomic E-state index is -0.952. The number of fused-ring (bicyclic) bond motifs is 2. The van der Waals surface area contributed by atoms with Crippen LogP contribution in [-0.2, 0) is 16.0 Å². The van der Waals surface area contributed by atoms with E-state index in [-0.39, 0.29) is 12.5 Å². The van der Waals surface area contributed by atoms with Crippen molar-refractivity contribution in [3.8, 4) is 34.3 Å². The van der Waals surface area contributed by atoms with Crippen molar-refractivity contribution in [2.24, 2.45) is 0 Å². The van der Waals surface area contributed by atoms with Crippen LogP contribution in [0, 0.1) is 0 Å². The van der Waals surface area contributed by atoms with Crippen molar-refractivity contribution >= 4 is 33.7 Å². The number of pyridine rings is 1. The highest BCUT2D eigenvalue weighted by atomic mass is 16.5. The van der Waals surface area contributed by atoms with Gasteiger partial charge in [-0.3, -0.25) is 4.79 Å². The van der Waals surface area contributed by atoms with Gasteiger partial charge >= 0.3 is 5.97 Å². The number of nitrogens with zero attached hydrogens (tertiary/aromatic N) is 2. The molecule has 0 spiro atoms. The van der Waals surface area contributed by atoms with Crippen molar-refractivity contribution in [1.29, 1.82) is 0 Å². The first-order chi connectivity index (χ1) is 21.7. The highest BCUT2D eigenvalue weighted by molar-refractivity contribution is 6.08. The number of hydrogen-bond donors (Lipinski definition) is 1. The molecule has 0 aliphatic heterocycles. The summed E-state index contributed by atoms with van der Waals surface area (Å²) in [6.45, 7) is 4.20. The van der Waals surface area contributed by atoms with Gasteiger partial charge in [0.1, 0.15) is 11.8 Å². The molecule has 2 aromatic heterocycles. The quantitative estimate of drug-likeness (QED) is 0.182. The van der Waals surface area contributed by atoms with Gasteiger partial charge in [0.15, 0.2) is 11.5 Å². The van der Waals surface area contributed by atoms with Gasteiger partial charge < -0.3 is 33.6 Å². The van der Waals surface area contributed by atoms with Gasteiger partial charge in [-0.15, -0.1) is 0 Å². The standard InChI is InChI=1S/C35H37N3O7/c1-20(2)38-19-22(24-10-8-9-11-30(24)38)14-29(35(40)45-7)37-34(39)26-18-28(36-27-13-12-23(41-3)17-25(26)27)21-15-31(42-4)33(44-6)32(16-21)43-5/h8-13,15-20,29H,14H2,1-7H3,(H,37,39)/t29-/m1/s1. The smallest absolute Gasteiger partial charge is 0.328 e. The summed E-state index contributed by atoms with van der Waals surface area (Å²) in [5.41, 5.74) is 3.98. The Bertz CT molecular complexity index is 1850. The average molecular weight is 612 g/mol. The van der Waals surface area contributed by atoms with Crippen LogP contribution in [0.25, 0.3) is 33.1 Å². The number of amides is 1. The molecule has 3 aromatic carbocycles. The van der Waals surface area contributed by atoms with Crippen molar-refractivity contribution in [2.75, 3.05) is 35.5 Å². The summed E-state index contributed by atoms with van der Waals surface area (Å²) in [7, 11) is 7.47. The molecule has 0 saturated carbocycles. The van der Waals surface area contributed by atoms with Crippen molar-refractivity contribution in [3.63, 3.8) is 0 Å². The molecule has 10 heteroatoms. The summed E-state index contributed by atoms with van der Waals surface area (Å²) >= 11 is 0. The fraction of sp³-hybridized carbons (Fsp3) is 0.286. The van der Waals surface area contributed by atoms with Gasteiger partial charge in [-0.1, -0.05) is 18.2 Å². The number of hydrogen-bond acceptors (Lipinski definition) is 8. The Balaban J connectivity index is 1.60. The average Bonchev–Trinajstić information content (AvgIpc) is 3.44. The Morgan fingerprint density at radius 2 is 1.56 bits per heavy atom. The molecule has 5 rings (SSSR count). The van der Waals surface area contributed by atoms with Gasteiger partial charge in [-0.05, 0) is 61.9 Å². The minimum Gasteiger partial charge on any atom is -0.497 e. The zero-order valence-electron chi connectivity index (χ0n) is 26.5. The molecule has 45 heavy (non-hydrogen) atoms. The summed E-state index contributed by atoms with van der Waals surface area (Å²) < 4.78 is 29.3. The molecule has 10 nitrogen and oxygen atoms in total. The topological polar surface area (TPSA) is 110 Å². The molecule has 1 atom stereocenters. The summed E-state index contributed by atoms with van der Waals surface area (Å²) in [5, 5.41) is 4.52. The Labute approximate surface area is 261 Å². The van der Waals surface area contributed by atoms with Crippen LogP contribution in [0.3, 0.4) is 0 Å². The number of para-hydroxylation sites is 1. The van der Waals surface area contributed by atoms with Crippen molar-refractivity contribution in [1.82, 2.24) is 14.9 Å². The molecular weight excluding hydrogens is 574 g/mol. The summed E-state index contributed by atoms with van der Waals surface area (Å²) in [6.07, 6.45) is 2.28. The van der Waals surface area contributed by atoms with Crippen LogP contribution in [0.4, 0.5) is 0 Å². The lowest BCUT2D eigenvalue weighted by Crippen LogP contribution is -2.43. The zero-order valence-corrected chi connectivity index (χ0v) is 26.5. The summed E-state index contributed by atoms with van der Waals surface area (Å²) in [5.74, 6) is 0.872. The van der Waals surface area contributed by atoms with Gasteiger partial charge in [-0.25, -0.2) is 9.78 Å². The first kappa shape index (κ1) is 31.2. The van der Waals surface area contributed by atoms with Gasteiger partial charge in [0, 0.05) is 40.5 Å². The van der Waals surface area contributed by atoms with E-state index in [1.165, 1.54) is 28.4 Å². The molecule has 0 saturated heterocycles. The third-order valence-corrected chi connectivity index (χ3v) is 7.82. The highest BCUT2D eigenvalue weighted by Gasteiger charge is 2.26. The number of carbonyl (C=O) groups excluding carboxylic acids is 2. The number of rotatable bonds is 11. The van der Waals surface area contributed by atoms with Crippen molar-refractivity contribution in [2.45, 2.75) is 32.4 Å². The molecule has 0 aliphatic rings. The Hall–Kier alpha value is -5.25. The maximum absolute atomic E-state index is 14.1. The number of nitrogens with one attached hydrogen (secondary N) is 1. The molecular formula is C35H37N3O7. The van der Waals surface area contributed by atoms with E-state index >= 15 is 0 Å². The summed E-state index contributed by atoms with van der Waals surface area (Å²) in [4.78, 5) is 32.1. The number of benzene rings is 3. The van der Waals surface area contributed by atoms with E-state index in [2.05, 4.69) is 23.7 Å². The van der Waals surface area contributed by atoms with Crippen LogP contribution in [0.15, 0.2) is 66.9 Å². The Kier molecular flexibility index (Phi) is 9.13. The second kappa shape index (κ2) is 13.2. The normalized spacial score (nSPS) is 11.8. The largest absolute Gasteiger partial charge is 0.497 e. The van der Waals surface area contributed by atoms with Crippen molar-refractivity contribution in [3.05, 3.63) is 78.0 Å². The van der Waals surface area contributed by atoms with E-state index in [0.29, 0.717) is 50.7 Å². The minimum absolute atomic E-state index is 0.210. The predicted molar refractivity (Wildman–Crippen MR) is 173 cm³/mol. The molecule has 2 heterocycles. The third-order valence-electron chi connectivity index (χ3n) is 7.82. The first-order valence-electron chi connectivity index (χ1n) is 14.5. The van der Waals surface area contributed by atoms with E-state index in [9.17, 15) is 9.59 Å². The van der Waals surface area contributed by atoms with Crippen LogP contribution >= 0.6 is 0 Å². The number of methoxy groups -OCH3 is 5. The van der Waals surface area contributed by atoms with Crippen LogP contribution in [0.5, 0.6) is 23.0 Å². The molecule has 0 unspecified atom stereocenters. The van der Waals surface area contributed by atoms with E-state index < -0.39 is 17.9 Å². The number of ether oxygens (including phenoxy) is 5. The fourth-order valence-electron chi connectivity index (χ4n) is 5.56. The second-order valence-electron chi connectivity index (χ2n) is 10.8. The van der Waals surface area contributed by atoms with Gasteiger partial charge in [0.05, 0.1) is 52.3 Å². The molecule has 0 aliphatic carbocycles. The van der Waals surface area contributed by atoms with Crippen LogP contribution in [0.2, 0.25) is 0 Å². The molecule has 0 bridgehead atoms. The Morgan fingerprint density at radius 1 is 0.844 bits per heavy atom. The summed E-state index contributed by atoms with van der Waals surface area (Å²) in [6, 6.07) is 17.8. The van der Waals surface area contributed by atoms with Crippen molar-refractivity contribution < 1.29 is 33.3 Å². The maximum atomic E-state index is 14.1. The lowest BCUT2D eigenvalue weighted by atomic mass is 10.0. The predicted octanol–water partition coefficient (Wildman–Crippen LogP) is 5.99. The molecule has 234 valence electrons. The van der Waals surface area contributed by atoms with E-state index in [4.69, 9.17) is 28.7 Å². The highest BCUT2D eigenvalue weighted by Crippen LogP contribution is 2.41. The zero-order chi connectivity index (χ0) is 32.2. The fourth-order valence-corrected chi connectivity index (χ4v) is 5.56. The molecule has 1 N–H and O–H groups in total. The number of esters is 1.